The van der Waals surface area contributed by atoms with Gasteiger partial charge in [-0.3, -0.25) is 4.79 Å². The molecule has 2 rings (SSSR count). The summed E-state index contributed by atoms with van der Waals surface area (Å²) in [5.74, 6) is -1.24. The van der Waals surface area contributed by atoms with E-state index in [-0.39, 0.29) is 11.6 Å². The highest BCUT2D eigenvalue weighted by Crippen LogP contribution is 2.17. The number of nitrogens with two attached hydrogens (primary N) is 1. The van der Waals surface area contributed by atoms with Crippen LogP contribution in [0.25, 0.3) is 0 Å². The zero-order chi connectivity index (χ0) is 13.8. The Labute approximate surface area is 107 Å². The molecule has 7 heteroatoms. The van der Waals surface area contributed by atoms with E-state index in [1.165, 1.54) is 24.3 Å². The summed E-state index contributed by atoms with van der Waals surface area (Å²) in [6.45, 7) is 0. The summed E-state index contributed by atoms with van der Waals surface area (Å²) in [5.41, 5.74) is 5.43. The minimum absolute atomic E-state index is 0.0109. The third-order valence-corrected chi connectivity index (χ3v) is 2.22. The molecule has 1 aromatic carbocycles. The van der Waals surface area contributed by atoms with Crippen molar-refractivity contribution >= 4 is 11.9 Å². The van der Waals surface area contributed by atoms with Crippen LogP contribution in [0.1, 0.15) is 20.7 Å². The summed E-state index contributed by atoms with van der Waals surface area (Å²) >= 11 is 0. The molecule has 0 atom stereocenters. The fourth-order valence-electron chi connectivity index (χ4n) is 1.27. The Kier molecular flexibility index (Phi) is 3.37. The number of primary amides is 1. The zero-order valence-electron chi connectivity index (χ0n) is 9.61. The molecule has 0 aliphatic rings. The number of carbonyl (C=O) groups is 2. The number of hydrogen-bond donors (Lipinski definition) is 2. The fraction of sp³-hybridized carbons (Fsp3) is 0. The molecule has 0 saturated carbocycles. The fourth-order valence-corrected chi connectivity index (χ4v) is 1.27. The number of aromatic carboxylic acids is 1. The molecule has 0 unspecified atom stereocenters. The summed E-state index contributed by atoms with van der Waals surface area (Å²) in [6, 6.07) is 6.09. The van der Waals surface area contributed by atoms with Gasteiger partial charge in [-0.05, 0) is 24.3 Å². The molecule has 19 heavy (non-hydrogen) atoms. The van der Waals surface area contributed by atoms with Crippen LogP contribution in [-0.2, 0) is 0 Å². The molecule has 1 heterocycles. The Hall–Kier alpha value is -2.96. The molecule has 0 fully saturated rings. The summed E-state index contributed by atoms with van der Waals surface area (Å²) in [7, 11) is 0. The average Bonchev–Trinajstić information content (AvgIpc) is 2.40. The van der Waals surface area contributed by atoms with E-state index >= 15 is 0 Å². The number of carbonyl (C=O) groups excluding carboxylic acids is 1. The number of aromatic nitrogens is 2. The van der Waals surface area contributed by atoms with E-state index in [4.69, 9.17) is 15.6 Å². The van der Waals surface area contributed by atoms with Crippen LogP contribution in [0.5, 0.6) is 11.8 Å². The van der Waals surface area contributed by atoms with E-state index in [1.807, 2.05) is 0 Å². The minimum atomic E-state index is -1.11. The molecule has 3 N–H and O–H groups in total. The van der Waals surface area contributed by atoms with Gasteiger partial charge >= 0.3 is 12.0 Å². The number of nitrogens with zero attached hydrogens (tertiary/aromatic N) is 2. The van der Waals surface area contributed by atoms with Gasteiger partial charge in [-0.25, -0.2) is 14.8 Å². The second-order valence-corrected chi connectivity index (χ2v) is 3.55. The summed E-state index contributed by atoms with van der Waals surface area (Å²) in [5, 5.41) is 8.68. The van der Waals surface area contributed by atoms with E-state index in [1.54, 1.807) is 0 Å². The van der Waals surface area contributed by atoms with Gasteiger partial charge in [0.1, 0.15) is 5.75 Å². The number of carboxylic acids is 1. The van der Waals surface area contributed by atoms with Crippen molar-refractivity contribution in [3.63, 3.8) is 0 Å². The van der Waals surface area contributed by atoms with Crippen LogP contribution in [0.15, 0.2) is 36.7 Å². The van der Waals surface area contributed by atoms with Gasteiger partial charge in [0.15, 0.2) is 0 Å². The smallest absolute Gasteiger partial charge is 0.338 e. The Bertz CT molecular complexity index is 552. The van der Waals surface area contributed by atoms with Gasteiger partial charge in [0, 0.05) is 18.0 Å². The maximum Gasteiger partial charge on any atom is 0.338 e. The molecule has 0 aliphatic heterocycles. The molecule has 0 radical (unpaired) electrons. The lowest BCUT2D eigenvalue weighted by molar-refractivity contribution is 0.0695. The summed E-state index contributed by atoms with van der Waals surface area (Å²) in [6.07, 6.45) is 2.28. The molecular weight excluding hydrogens is 250 g/mol. The van der Waals surface area contributed by atoms with E-state index < -0.39 is 11.9 Å². The number of benzene rings is 1. The van der Waals surface area contributed by atoms with Crippen LogP contribution in [0.4, 0.5) is 0 Å². The first-order chi connectivity index (χ1) is 9.06. The molecule has 7 nitrogen and oxygen atoms in total. The predicted molar refractivity (Wildman–Crippen MR) is 64.0 cm³/mol. The van der Waals surface area contributed by atoms with E-state index in [2.05, 4.69) is 9.97 Å². The minimum Gasteiger partial charge on any atom is -0.478 e. The van der Waals surface area contributed by atoms with E-state index in [0.29, 0.717) is 11.3 Å². The van der Waals surface area contributed by atoms with Gasteiger partial charge in [0.05, 0.1) is 5.56 Å². The second-order valence-electron chi connectivity index (χ2n) is 3.55. The predicted octanol–water partition coefficient (Wildman–Crippen LogP) is 1.07. The normalized spacial score (nSPS) is 9.89. The van der Waals surface area contributed by atoms with Crippen LogP contribution in [0.3, 0.4) is 0 Å². The highest BCUT2D eigenvalue weighted by atomic mass is 16.5. The number of hydrogen-bond acceptors (Lipinski definition) is 5. The number of ether oxygens (including phenoxy) is 1. The van der Waals surface area contributed by atoms with Crippen molar-refractivity contribution in [2.24, 2.45) is 5.73 Å². The van der Waals surface area contributed by atoms with E-state index in [0.717, 1.165) is 12.4 Å². The van der Waals surface area contributed by atoms with Gasteiger partial charge in [0.25, 0.3) is 0 Å². The van der Waals surface area contributed by atoms with Gasteiger partial charge in [-0.15, -0.1) is 0 Å². The molecular formula is C12H9N3O4. The van der Waals surface area contributed by atoms with Crippen molar-refractivity contribution in [3.05, 3.63) is 47.8 Å². The van der Waals surface area contributed by atoms with Gasteiger partial charge in [-0.1, -0.05) is 0 Å². The molecule has 0 saturated heterocycles. The standard InChI is InChI=1S/C12H9N3O4/c13-10(16)7-1-3-9(4-2-7)19-12-14-5-8(6-15-12)11(17)18/h1-6H,(H2,13,16)(H,17,18). The average molecular weight is 259 g/mol. The Morgan fingerprint density at radius 1 is 1.05 bits per heavy atom. The Morgan fingerprint density at radius 3 is 2.11 bits per heavy atom. The van der Waals surface area contributed by atoms with Crippen LogP contribution >= 0.6 is 0 Å². The molecule has 0 spiro atoms. The van der Waals surface area contributed by atoms with Crippen LogP contribution in [0.2, 0.25) is 0 Å². The first-order valence-electron chi connectivity index (χ1n) is 5.19. The highest BCUT2D eigenvalue weighted by molar-refractivity contribution is 5.92. The topological polar surface area (TPSA) is 115 Å². The molecule has 0 bridgehead atoms. The van der Waals surface area contributed by atoms with Crippen LogP contribution in [-0.4, -0.2) is 27.0 Å². The van der Waals surface area contributed by atoms with E-state index in [9.17, 15) is 9.59 Å². The lowest BCUT2D eigenvalue weighted by Gasteiger charge is -2.04. The van der Waals surface area contributed by atoms with Crippen molar-refractivity contribution in [1.82, 2.24) is 9.97 Å². The first kappa shape index (κ1) is 12.5. The second kappa shape index (κ2) is 5.13. The molecule has 96 valence electrons. The van der Waals surface area contributed by atoms with Crippen molar-refractivity contribution in [2.45, 2.75) is 0 Å². The molecule has 0 aliphatic carbocycles. The van der Waals surface area contributed by atoms with Crippen molar-refractivity contribution < 1.29 is 19.4 Å². The zero-order valence-corrected chi connectivity index (χ0v) is 9.61. The number of amides is 1. The monoisotopic (exact) mass is 259 g/mol. The molecule has 1 amide bonds. The third kappa shape index (κ3) is 3.03. The number of rotatable bonds is 4. The third-order valence-electron chi connectivity index (χ3n) is 2.22. The quantitative estimate of drug-likeness (QED) is 0.848. The van der Waals surface area contributed by atoms with Crippen molar-refractivity contribution in [1.29, 1.82) is 0 Å². The van der Waals surface area contributed by atoms with Gasteiger partial charge in [0.2, 0.25) is 5.91 Å². The van der Waals surface area contributed by atoms with Gasteiger partial charge < -0.3 is 15.6 Å². The SMILES string of the molecule is NC(=O)c1ccc(Oc2ncc(C(=O)O)cn2)cc1. The largest absolute Gasteiger partial charge is 0.478 e. The summed E-state index contributed by atoms with van der Waals surface area (Å²) < 4.78 is 5.28. The lowest BCUT2D eigenvalue weighted by Crippen LogP contribution is -2.10. The molecule has 2 aromatic rings. The number of carboxylic acid groups (broad SMARTS) is 1. The first-order valence-corrected chi connectivity index (χ1v) is 5.19. The highest BCUT2D eigenvalue weighted by Gasteiger charge is 2.06. The Balaban J connectivity index is 2.12. The van der Waals surface area contributed by atoms with Crippen molar-refractivity contribution in [3.8, 4) is 11.8 Å². The van der Waals surface area contributed by atoms with Crippen LogP contribution < -0.4 is 10.5 Å². The van der Waals surface area contributed by atoms with Crippen LogP contribution in [0, 0.1) is 0 Å². The Morgan fingerprint density at radius 2 is 1.63 bits per heavy atom. The van der Waals surface area contributed by atoms with Gasteiger partial charge in [-0.2, -0.15) is 0 Å². The maximum atomic E-state index is 10.9. The summed E-state index contributed by atoms with van der Waals surface area (Å²) in [4.78, 5) is 29.0. The maximum absolute atomic E-state index is 10.9. The lowest BCUT2D eigenvalue weighted by atomic mass is 10.2. The molecule has 1 aromatic heterocycles. The van der Waals surface area contributed by atoms with Crippen molar-refractivity contribution in [2.75, 3.05) is 0 Å².